The molecule has 0 aliphatic heterocycles. The smallest absolute Gasteiger partial charge is 0.321 e. The Morgan fingerprint density at radius 3 is 2.61 bits per heavy atom. The van der Waals surface area contributed by atoms with Crippen molar-refractivity contribution in [2.24, 2.45) is 0 Å². The van der Waals surface area contributed by atoms with Gasteiger partial charge in [0, 0.05) is 13.0 Å². The lowest BCUT2D eigenvalue weighted by Gasteiger charge is -2.11. The molecule has 1 unspecified atom stereocenters. The van der Waals surface area contributed by atoms with Crippen LogP contribution in [0.4, 0.5) is 0 Å². The van der Waals surface area contributed by atoms with Crippen LogP contribution in [0.25, 0.3) is 0 Å². The van der Waals surface area contributed by atoms with Gasteiger partial charge in [-0.25, -0.2) is 0 Å². The van der Waals surface area contributed by atoms with Gasteiger partial charge in [0.2, 0.25) is 5.91 Å². The Labute approximate surface area is 115 Å². The molecule has 1 amide bonds. The molecule has 0 bridgehead atoms. The van der Waals surface area contributed by atoms with Crippen molar-refractivity contribution in [3.8, 4) is 0 Å². The lowest BCUT2D eigenvalue weighted by Crippen LogP contribution is -2.33. The van der Waals surface area contributed by atoms with E-state index in [1.165, 1.54) is 0 Å². The van der Waals surface area contributed by atoms with Crippen LogP contribution in [0.15, 0.2) is 30.3 Å². The number of carbonyl (C=O) groups is 2. The fourth-order valence-electron chi connectivity index (χ4n) is 1.23. The predicted molar refractivity (Wildman–Crippen MR) is 72.3 cm³/mol. The standard InChI is InChI=1S/C13H16BrNO3/c1-2-12(16)15-8-11(14)13(17)18-9-10-6-4-3-5-7-10/h3-7,11H,2,8-9H2,1H3,(H,15,16). The number of esters is 1. The van der Waals surface area contributed by atoms with Gasteiger partial charge < -0.3 is 10.1 Å². The molecule has 0 radical (unpaired) electrons. The molecular formula is C13H16BrNO3. The highest BCUT2D eigenvalue weighted by atomic mass is 79.9. The van der Waals surface area contributed by atoms with Crippen molar-refractivity contribution in [3.63, 3.8) is 0 Å². The van der Waals surface area contributed by atoms with Crippen molar-refractivity contribution in [1.29, 1.82) is 0 Å². The maximum absolute atomic E-state index is 11.6. The summed E-state index contributed by atoms with van der Waals surface area (Å²) in [6.07, 6.45) is 0.402. The quantitative estimate of drug-likeness (QED) is 0.645. The van der Waals surface area contributed by atoms with Gasteiger partial charge in [-0.05, 0) is 5.56 Å². The normalized spacial score (nSPS) is 11.7. The Bertz CT molecular complexity index is 394. The second-order valence-electron chi connectivity index (χ2n) is 3.72. The third-order valence-corrected chi connectivity index (χ3v) is 2.98. The molecule has 0 saturated carbocycles. The van der Waals surface area contributed by atoms with E-state index in [-0.39, 0.29) is 25.0 Å². The van der Waals surface area contributed by atoms with E-state index in [1.54, 1.807) is 6.92 Å². The molecule has 0 saturated heterocycles. The van der Waals surface area contributed by atoms with Crippen LogP contribution in [0.5, 0.6) is 0 Å². The van der Waals surface area contributed by atoms with Crippen molar-refractivity contribution < 1.29 is 14.3 Å². The highest BCUT2D eigenvalue weighted by Gasteiger charge is 2.16. The van der Waals surface area contributed by atoms with Gasteiger partial charge in [-0.3, -0.25) is 9.59 Å². The van der Waals surface area contributed by atoms with E-state index in [2.05, 4.69) is 21.2 Å². The van der Waals surface area contributed by atoms with Gasteiger partial charge in [0.1, 0.15) is 11.4 Å². The van der Waals surface area contributed by atoms with Crippen molar-refractivity contribution in [3.05, 3.63) is 35.9 Å². The van der Waals surface area contributed by atoms with Crippen LogP contribution in [0.2, 0.25) is 0 Å². The second kappa shape index (κ2) is 7.87. The second-order valence-corrected chi connectivity index (χ2v) is 4.82. The maximum Gasteiger partial charge on any atom is 0.321 e. The summed E-state index contributed by atoms with van der Waals surface area (Å²) < 4.78 is 5.12. The number of ether oxygens (including phenoxy) is 1. The van der Waals surface area contributed by atoms with E-state index in [0.717, 1.165) is 5.56 Å². The zero-order valence-electron chi connectivity index (χ0n) is 10.2. The van der Waals surface area contributed by atoms with Gasteiger partial charge in [-0.15, -0.1) is 0 Å². The highest BCUT2D eigenvalue weighted by Crippen LogP contribution is 2.05. The van der Waals surface area contributed by atoms with Crippen molar-refractivity contribution >= 4 is 27.8 Å². The number of amides is 1. The van der Waals surface area contributed by atoms with E-state index in [0.29, 0.717) is 6.42 Å². The Hall–Kier alpha value is -1.36. The largest absolute Gasteiger partial charge is 0.460 e. The lowest BCUT2D eigenvalue weighted by molar-refractivity contribution is -0.144. The minimum Gasteiger partial charge on any atom is -0.460 e. The summed E-state index contributed by atoms with van der Waals surface area (Å²) >= 11 is 3.19. The molecule has 0 aromatic heterocycles. The lowest BCUT2D eigenvalue weighted by atomic mass is 10.2. The number of halogens is 1. The number of hydrogen-bond acceptors (Lipinski definition) is 3. The Kier molecular flexibility index (Phi) is 6.43. The topological polar surface area (TPSA) is 55.4 Å². The minimum atomic E-state index is -0.517. The van der Waals surface area contributed by atoms with E-state index < -0.39 is 4.83 Å². The summed E-state index contributed by atoms with van der Waals surface area (Å²) in [4.78, 5) is 22.1. The number of carbonyl (C=O) groups excluding carboxylic acids is 2. The summed E-state index contributed by atoms with van der Waals surface area (Å²) in [7, 11) is 0. The fraction of sp³-hybridized carbons (Fsp3) is 0.385. The Balaban J connectivity index is 2.30. The molecule has 0 fully saturated rings. The number of alkyl halides is 1. The predicted octanol–water partition coefficient (Wildman–Crippen LogP) is 2.02. The molecule has 1 N–H and O–H groups in total. The Morgan fingerprint density at radius 1 is 1.33 bits per heavy atom. The van der Waals surface area contributed by atoms with Crippen molar-refractivity contribution in [2.75, 3.05) is 6.54 Å². The molecular weight excluding hydrogens is 298 g/mol. The average molecular weight is 314 g/mol. The van der Waals surface area contributed by atoms with Gasteiger partial charge in [0.25, 0.3) is 0 Å². The first-order valence-electron chi connectivity index (χ1n) is 5.74. The highest BCUT2D eigenvalue weighted by molar-refractivity contribution is 9.10. The van der Waals surface area contributed by atoms with Gasteiger partial charge in [0.05, 0.1) is 0 Å². The molecule has 4 nitrogen and oxygen atoms in total. The SMILES string of the molecule is CCC(=O)NCC(Br)C(=O)OCc1ccccc1. The van der Waals surface area contributed by atoms with E-state index in [4.69, 9.17) is 4.74 Å². The van der Waals surface area contributed by atoms with Crippen LogP contribution >= 0.6 is 15.9 Å². The summed E-state index contributed by atoms with van der Waals surface area (Å²) in [6, 6.07) is 9.44. The zero-order valence-corrected chi connectivity index (χ0v) is 11.8. The third kappa shape index (κ3) is 5.31. The average Bonchev–Trinajstić information content (AvgIpc) is 2.42. The summed E-state index contributed by atoms with van der Waals surface area (Å²) in [6.45, 7) is 2.23. The van der Waals surface area contributed by atoms with Crippen molar-refractivity contribution in [2.45, 2.75) is 24.8 Å². The number of hydrogen-bond donors (Lipinski definition) is 1. The number of benzene rings is 1. The van der Waals surface area contributed by atoms with Gasteiger partial charge >= 0.3 is 5.97 Å². The van der Waals surface area contributed by atoms with E-state index in [9.17, 15) is 9.59 Å². The summed E-state index contributed by atoms with van der Waals surface area (Å²) in [5.74, 6) is -0.467. The molecule has 0 aliphatic rings. The fourth-order valence-corrected chi connectivity index (χ4v) is 1.52. The molecule has 1 atom stereocenters. The minimum absolute atomic E-state index is 0.0877. The number of nitrogens with one attached hydrogen (secondary N) is 1. The van der Waals surface area contributed by atoms with Crippen molar-refractivity contribution in [1.82, 2.24) is 5.32 Å². The first kappa shape index (κ1) is 14.7. The third-order valence-electron chi connectivity index (χ3n) is 2.28. The van der Waals surface area contributed by atoms with Crippen LogP contribution in [0, 0.1) is 0 Å². The van der Waals surface area contributed by atoms with Crippen LogP contribution in [0.3, 0.4) is 0 Å². The number of rotatable bonds is 6. The molecule has 98 valence electrons. The van der Waals surface area contributed by atoms with Gasteiger partial charge in [0.15, 0.2) is 0 Å². The Morgan fingerprint density at radius 2 is 2.00 bits per heavy atom. The molecule has 18 heavy (non-hydrogen) atoms. The summed E-state index contributed by atoms with van der Waals surface area (Å²) in [5, 5.41) is 2.62. The first-order valence-corrected chi connectivity index (χ1v) is 6.66. The maximum atomic E-state index is 11.6. The first-order chi connectivity index (χ1) is 8.63. The van der Waals surface area contributed by atoms with Crippen LogP contribution < -0.4 is 5.32 Å². The molecule has 1 aromatic carbocycles. The molecule has 0 spiro atoms. The molecule has 1 rings (SSSR count). The van der Waals surface area contributed by atoms with E-state index in [1.807, 2.05) is 30.3 Å². The zero-order chi connectivity index (χ0) is 13.4. The van der Waals surface area contributed by atoms with Gasteiger partial charge in [-0.2, -0.15) is 0 Å². The monoisotopic (exact) mass is 313 g/mol. The van der Waals surface area contributed by atoms with Crippen LogP contribution in [-0.4, -0.2) is 23.2 Å². The molecule has 5 heteroatoms. The summed E-state index contributed by atoms with van der Waals surface area (Å²) in [5.41, 5.74) is 0.933. The van der Waals surface area contributed by atoms with E-state index >= 15 is 0 Å². The molecule has 1 aromatic rings. The van der Waals surface area contributed by atoms with Crippen LogP contribution in [0.1, 0.15) is 18.9 Å². The van der Waals surface area contributed by atoms with Crippen LogP contribution in [-0.2, 0) is 20.9 Å². The molecule has 0 heterocycles. The molecule has 0 aliphatic carbocycles. The van der Waals surface area contributed by atoms with Gasteiger partial charge in [-0.1, -0.05) is 53.2 Å².